The van der Waals surface area contributed by atoms with Crippen LogP contribution in [-0.4, -0.2) is 19.5 Å². The summed E-state index contributed by atoms with van der Waals surface area (Å²) in [6.07, 6.45) is 6.47. The molecule has 16 rings (SSSR count). The minimum Gasteiger partial charge on any atom is -0.455 e. The third-order valence-electron chi connectivity index (χ3n) is 16.2. The lowest BCUT2D eigenvalue weighted by atomic mass is 9.42. The van der Waals surface area contributed by atoms with E-state index in [1.165, 1.54) is 70.7 Å². The van der Waals surface area contributed by atoms with E-state index < -0.39 is 0 Å². The number of para-hydroxylation sites is 5. The van der Waals surface area contributed by atoms with Crippen LogP contribution in [0.4, 0.5) is 0 Å². The van der Waals surface area contributed by atoms with Gasteiger partial charge in [0.2, 0.25) is 0 Å². The van der Waals surface area contributed by atoms with Gasteiger partial charge in [-0.3, -0.25) is 0 Å². The molecule has 0 N–H and O–H groups in total. The molecule has 0 unspecified atom stereocenters. The van der Waals surface area contributed by atoms with Gasteiger partial charge in [0.15, 0.2) is 17.5 Å². The normalized spacial score (nSPS) is 21.4. The lowest BCUT2D eigenvalue weighted by molar-refractivity contribution is -0.0397. The van der Waals surface area contributed by atoms with Crippen LogP contribution in [-0.2, 0) is 5.41 Å². The van der Waals surface area contributed by atoms with E-state index in [4.69, 9.17) is 19.4 Å². The molecule has 3 heterocycles. The predicted octanol–water partition coefficient (Wildman–Crippen LogP) is 15.3. The highest BCUT2D eigenvalue weighted by Gasteiger charge is 2.62. The third kappa shape index (κ3) is 5.03. The molecule has 8 aromatic carbocycles. The third-order valence-corrected chi connectivity index (χ3v) is 16.2. The zero-order chi connectivity index (χ0) is 43.1. The van der Waals surface area contributed by atoms with Gasteiger partial charge in [-0.2, -0.15) is 0 Å². The molecule has 0 amide bonds. The van der Waals surface area contributed by atoms with Gasteiger partial charge in [-0.25, -0.2) is 15.0 Å². The van der Waals surface area contributed by atoms with Gasteiger partial charge in [0.25, 0.3) is 0 Å². The molecule has 314 valence electrons. The highest BCUT2D eigenvalue weighted by molar-refractivity contribution is 6.13. The van der Waals surface area contributed by atoms with Gasteiger partial charge >= 0.3 is 0 Å². The average molecular weight is 849 g/mol. The minimum absolute atomic E-state index is 0.161. The lowest BCUT2D eigenvalue weighted by Crippen LogP contribution is -2.55. The number of nitrogens with zero attached hydrogens (tertiary/aromatic N) is 4. The topological polar surface area (TPSA) is 56.7 Å². The standard InChI is InChI=1S/C61H44N4O/c1-3-14-38(15-4-1)58-62-59(64-60(63-58)51-25-13-22-48-45-18-7-9-26-53(45)65(56(48)51)42-16-5-2-6-17-42)50-24-12-21-47-44-29-28-39(43-20-11-23-49-46-19-8-10-27-54(46)66-57(43)49)35-52(44)61(55(47)50)40-31-36-30-37(33-40)34-41(61)32-36/h1-29,35-37,40-41H,30-34H2. The number of furan rings is 1. The molecule has 3 aromatic heterocycles. The number of benzene rings is 8. The van der Waals surface area contributed by atoms with Crippen molar-refractivity contribution in [1.29, 1.82) is 0 Å². The van der Waals surface area contributed by atoms with Crippen molar-refractivity contribution >= 4 is 43.7 Å². The molecule has 0 saturated heterocycles. The second-order valence-electron chi connectivity index (χ2n) is 19.5. The maximum absolute atomic E-state index is 6.68. The Hall–Kier alpha value is -7.63. The van der Waals surface area contributed by atoms with Crippen molar-refractivity contribution < 1.29 is 4.42 Å². The molecular formula is C61H44N4O. The molecule has 4 fully saturated rings. The van der Waals surface area contributed by atoms with Crippen LogP contribution in [0.3, 0.4) is 0 Å². The largest absolute Gasteiger partial charge is 0.455 e. The van der Waals surface area contributed by atoms with E-state index in [-0.39, 0.29) is 5.41 Å². The van der Waals surface area contributed by atoms with E-state index in [0.29, 0.717) is 23.5 Å². The summed E-state index contributed by atoms with van der Waals surface area (Å²) in [6.45, 7) is 0. The molecule has 5 nitrogen and oxygen atoms in total. The zero-order valence-corrected chi connectivity index (χ0v) is 36.4. The molecule has 5 aliphatic carbocycles. The first-order chi connectivity index (χ1) is 32.7. The molecule has 0 atom stereocenters. The summed E-state index contributed by atoms with van der Waals surface area (Å²) in [5.74, 6) is 4.78. The number of aromatic nitrogens is 4. The van der Waals surface area contributed by atoms with Gasteiger partial charge in [-0.15, -0.1) is 0 Å². The van der Waals surface area contributed by atoms with Crippen LogP contribution in [0.1, 0.15) is 43.2 Å². The Morgan fingerprint density at radius 3 is 1.85 bits per heavy atom. The van der Waals surface area contributed by atoms with Crippen LogP contribution in [0.5, 0.6) is 0 Å². The van der Waals surface area contributed by atoms with Crippen molar-refractivity contribution in [2.75, 3.05) is 0 Å². The Bertz CT molecular complexity index is 3760. The maximum atomic E-state index is 6.68. The van der Waals surface area contributed by atoms with E-state index in [1.54, 1.807) is 0 Å². The summed E-state index contributed by atoms with van der Waals surface area (Å²) in [6, 6.07) is 65.8. The summed E-state index contributed by atoms with van der Waals surface area (Å²) in [4.78, 5) is 16.6. The highest BCUT2D eigenvalue weighted by atomic mass is 16.3. The Balaban J connectivity index is 0.985. The van der Waals surface area contributed by atoms with Crippen molar-refractivity contribution in [2.24, 2.45) is 23.7 Å². The Labute approximate surface area is 382 Å². The van der Waals surface area contributed by atoms with Gasteiger partial charge < -0.3 is 8.98 Å². The van der Waals surface area contributed by atoms with Crippen molar-refractivity contribution in [2.45, 2.75) is 37.5 Å². The molecule has 4 bridgehead atoms. The molecule has 1 spiro atoms. The Morgan fingerprint density at radius 1 is 0.439 bits per heavy atom. The molecule has 11 aromatic rings. The fourth-order valence-corrected chi connectivity index (χ4v) is 14.0. The van der Waals surface area contributed by atoms with Crippen molar-refractivity contribution in [3.63, 3.8) is 0 Å². The average Bonchev–Trinajstić information content (AvgIpc) is 4.02. The molecule has 5 aliphatic rings. The van der Waals surface area contributed by atoms with E-state index in [9.17, 15) is 0 Å². The molecule has 0 aliphatic heterocycles. The van der Waals surface area contributed by atoms with Crippen molar-refractivity contribution in [3.05, 3.63) is 193 Å². The van der Waals surface area contributed by atoms with Gasteiger partial charge in [0.1, 0.15) is 11.2 Å². The van der Waals surface area contributed by atoms with E-state index in [1.807, 2.05) is 0 Å². The maximum Gasteiger partial charge on any atom is 0.166 e. The summed E-state index contributed by atoms with van der Waals surface area (Å²) < 4.78 is 9.06. The second-order valence-corrected chi connectivity index (χ2v) is 19.5. The zero-order valence-electron chi connectivity index (χ0n) is 36.4. The number of hydrogen-bond acceptors (Lipinski definition) is 4. The molecular weight excluding hydrogens is 805 g/mol. The van der Waals surface area contributed by atoms with E-state index >= 15 is 0 Å². The van der Waals surface area contributed by atoms with Crippen LogP contribution in [0.25, 0.3) is 106 Å². The fourth-order valence-electron chi connectivity index (χ4n) is 14.0. The number of rotatable bonds is 5. The van der Waals surface area contributed by atoms with Crippen LogP contribution >= 0.6 is 0 Å². The highest BCUT2D eigenvalue weighted by Crippen LogP contribution is 2.70. The first-order valence-electron chi connectivity index (χ1n) is 23.8. The SMILES string of the molecule is c1ccc(-c2nc(-c3cccc4c3C3(c5cc(-c6cccc7c6oc6ccccc67)ccc5-4)C4CC5CC(C4)CC3C5)nc(-c3cccc4c5ccccc5n(-c5ccccc5)c34)n2)cc1. The quantitative estimate of drug-likeness (QED) is 0.173. The monoisotopic (exact) mass is 848 g/mol. The first-order valence-corrected chi connectivity index (χ1v) is 23.8. The Morgan fingerprint density at radius 2 is 1.05 bits per heavy atom. The molecule has 4 saturated carbocycles. The minimum atomic E-state index is -0.161. The lowest BCUT2D eigenvalue weighted by Gasteiger charge is -2.61. The summed E-state index contributed by atoms with van der Waals surface area (Å²) in [5, 5.41) is 4.70. The van der Waals surface area contributed by atoms with Crippen LogP contribution < -0.4 is 0 Å². The second kappa shape index (κ2) is 13.7. The smallest absolute Gasteiger partial charge is 0.166 e. The first kappa shape index (κ1) is 36.7. The predicted molar refractivity (Wildman–Crippen MR) is 266 cm³/mol. The summed E-state index contributed by atoms with van der Waals surface area (Å²) in [7, 11) is 0. The van der Waals surface area contributed by atoms with Crippen molar-refractivity contribution in [3.8, 4) is 62.1 Å². The van der Waals surface area contributed by atoms with Crippen LogP contribution in [0.15, 0.2) is 186 Å². The van der Waals surface area contributed by atoms with Crippen LogP contribution in [0, 0.1) is 23.7 Å². The molecule has 5 heteroatoms. The number of hydrogen-bond donors (Lipinski definition) is 0. The van der Waals surface area contributed by atoms with Gasteiger partial charge in [-0.05, 0) is 120 Å². The van der Waals surface area contributed by atoms with Crippen LogP contribution in [0.2, 0.25) is 0 Å². The van der Waals surface area contributed by atoms with Gasteiger partial charge in [0, 0.05) is 54.9 Å². The fraction of sp³-hybridized carbons (Fsp3) is 0.164. The van der Waals surface area contributed by atoms with E-state index in [0.717, 1.165) is 78.6 Å². The van der Waals surface area contributed by atoms with Crippen molar-refractivity contribution in [1.82, 2.24) is 19.5 Å². The van der Waals surface area contributed by atoms with Gasteiger partial charge in [-0.1, -0.05) is 146 Å². The summed E-state index contributed by atoms with van der Waals surface area (Å²) in [5.41, 5.74) is 16.1. The van der Waals surface area contributed by atoms with Gasteiger partial charge in [0.05, 0.1) is 11.0 Å². The van der Waals surface area contributed by atoms with E-state index in [2.05, 4.69) is 187 Å². The molecule has 66 heavy (non-hydrogen) atoms. The summed E-state index contributed by atoms with van der Waals surface area (Å²) >= 11 is 0. The Kier molecular flexibility index (Phi) is 7.61. The number of fused-ring (bicyclic) bond motifs is 9. The molecule has 0 radical (unpaired) electrons.